The van der Waals surface area contributed by atoms with Crippen molar-refractivity contribution in [2.45, 2.75) is 13.5 Å². The van der Waals surface area contributed by atoms with Gasteiger partial charge in [0.1, 0.15) is 5.69 Å². The minimum Gasteiger partial charge on any atom is -0.463 e. The fourth-order valence-corrected chi connectivity index (χ4v) is 3.67. The maximum Gasteiger partial charge on any atom is 0.259 e. The standard InChI is InChI=1S/C18H13N5O3S/c1-10-15-12(7-13(14-3-2-5-25-14)21-17(15)26-22-10)16(24)19-8-11-9-23-4-6-27-18(23)20-11/h2-7,9H,8H2,1H3,(H,19,24). The Hall–Kier alpha value is -3.46. The average molecular weight is 379 g/mol. The summed E-state index contributed by atoms with van der Waals surface area (Å²) < 4.78 is 12.6. The summed E-state index contributed by atoms with van der Waals surface area (Å²) in [6.07, 6.45) is 5.38. The van der Waals surface area contributed by atoms with Crippen LogP contribution in [-0.2, 0) is 6.54 Å². The number of nitrogens with zero attached hydrogens (tertiary/aromatic N) is 4. The van der Waals surface area contributed by atoms with Crippen molar-refractivity contribution in [3.05, 3.63) is 59.2 Å². The van der Waals surface area contributed by atoms with Gasteiger partial charge in [-0.15, -0.1) is 11.3 Å². The van der Waals surface area contributed by atoms with Crippen molar-refractivity contribution in [3.8, 4) is 11.5 Å². The highest BCUT2D eigenvalue weighted by atomic mass is 32.1. The van der Waals surface area contributed by atoms with Gasteiger partial charge in [-0.1, -0.05) is 5.16 Å². The summed E-state index contributed by atoms with van der Waals surface area (Å²) in [5.41, 5.74) is 2.64. The minimum atomic E-state index is -0.252. The Kier molecular flexibility index (Phi) is 3.54. The monoisotopic (exact) mass is 379 g/mol. The third-order valence-corrected chi connectivity index (χ3v) is 4.98. The molecule has 5 aromatic rings. The molecule has 27 heavy (non-hydrogen) atoms. The van der Waals surface area contributed by atoms with Crippen LogP contribution in [0.1, 0.15) is 21.7 Å². The predicted octanol–water partition coefficient (Wildman–Crippen LogP) is 3.43. The number of pyridine rings is 1. The third kappa shape index (κ3) is 2.68. The lowest BCUT2D eigenvalue weighted by molar-refractivity contribution is 0.0952. The summed E-state index contributed by atoms with van der Waals surface area (Å²) in [6.45, 7) is 2.10. The van der Waals surface area contributed by atoms with Crippen LogP contribution in [0.15, 0.2) is 51.2 Å². The van der Waals surface area contributed by atoms with Gasteiger partial charge in [0.2, 0.25) is 0 Å². The summed E-state index contributed by atoms with van der Waals surface area (Å²) in [4.78, 5) is 22.7. The van der Waals surface area contributed by atoms with E-state index in [1.165, 1.54) is 0 Å². The van der Waals surface area contributed by atoms with E-state index in [0.29, 0.717) is 40.4 Å². The van der Waals surface area contributed by atoms with Crippen LogP contribution in [-0.4, -0.2) is 25.4 Å². The molecule has 0 saturated carbocycles. The number of aromatic nitrogens is 4. The number of thiazole rings is 1. The van der Waals surface area contributed by atoms with E-state index in [9.17, 15) is 4.79 Å². The van der Waals surface area contributed by atoms with Crippen molar-refractivity contribution in [2.24, 2.45) is 0 Å². The maximum absolute atomic E-state index is 12.9. The smallest absolute Gasteiger partial charge is 0.259 e. The number of carbonyl (C=O) groups is 1. The molecule has 0 aliphatic carbocycles. The number of carbonyl (C=O) groups excluding carboxylic acids is 1. The summed E-state index contributed by atoms with van der Waals surface area (Å²) in [6, 6.07) is 5.22. The van der Waals surface area contributed by atoms with E-state index in [0.717, 1.165) is 10.7 Å². The molecule has 1 amide bonds. The van der Waals surface area contributed by atoms with Crippen molar-refractivity contribution in [3.63, 3.8) is 0 Å². The van der Waals surface area contributed by atoms with Crippen LogP contribution in [0.25, 0.3) is 27.5 Å². The van der Waals surface area contributed by atoms with Gasteiger partial charge in [0.25, 0.3) is 11.6 Å². The van der Waals surface area contributed by atoms with Crippen molar-refractivity contribution in [1.29, 1.82) is 0 Å². The fourth-order valence-electron chi connectivity index (χ4n) is 2.95. The van der Waals surface area contributed by atoms with Crippen LogP contribution in [0, 0.1) is 6.92 Å². The van der Waals surface area contributed by atoms with Crippen LogP contribution in [0.2, 0.25) is 0 Å². The van der Waals surface area contributed by atoms with E-state index in [-0.39, 0.29) is 5.91 Å². The number of nitrogens with one attached hydrogen (secondary N) is 1. The first-order valence-corrected chi connectivity index (χ1v) is 9.07. The predicted molar refractivity (Wildman–Crippen MR) is 98.5 cm³/mol. The molecule has 5 heterocycles. The van der Waals surface area contributed by atoms with Crippen molar-refractivity contribution < 1.29 is 13.7 Å². The van der Waals surface area contributed by atoms with Gasteiger partial charge in [-0.3, -0.25) is 9.20 Å². The molecule has 5 aromatic heterocycles. The summed E-state index contributed by atoms with van der Waals surface area (Å²) in [5.74, 6) is 0.298. The second-order valence-electron chi connectivity index (χ2n) is 5.99. The first kappa shape index (κ1) is 15.8. The number of hydrogen-bond donors (Lipinski definition) is 1. The molecular formula is C18H13N5O3S. The topological polar surface area (TPSA) is 98.5 Å². The molecule has 1 N–H and O–H groups in total. The van der Waals surface area contributed by atoms with Crippen LogP contribution >= 0.6 is 11.3 Å². The highest BCUT2D eigenvalue weighted by molar-refractivity contribution is 7.15. The molecule has 0 saturated heterocycles. The number of fused-ring (bicyclic) bond motifs is 2. The Labute approximate surface area is 156 Å². The van der Waals surface area contributed by atoms with Crippen molar-refractivity contribution >= 4 is 33.3 Å². The van der Waals surface area contributed by atoms with Gasteiger partial charge in [0, 0.05) is 17.8 Å². The zero-order valence-corrected chi connectivity index (χ0v) is 15.0. The summed E-state index contributed by atoms with van der Waals surface area (Å²) in [5, 5.41) is 9.40. The molecule has 0 fully saturated rings. The Bertz CT molecular complexity index is 1240. The fraction of sp³-hybridized carbons (Fsp3) is 0.111. The minimum absolute atomic E-state index is 0.252. The van der Waals surface area contributed by atoms with Gasteiger partial charge in [0.15, 0.2) is 10.7 Å². The Morgan fingerprint density at radius 1 is 1.37 bits per heavy atom. The quantitative estimate of drug-likeness (QED) is 0.514. The lowest BCUT2D eigenvalue weighted by Gasteiger charge is -2.06. The molecule has 0 unspecified atom stereocenters. The lowest BCUT2D eigenvalue weighted by atomic mass is 10.1. The largest absolute Gasteiger partial charge is 0.463 e. The highest BCUT2D eigenvalue weighted by Gasteiger charge is 2.20. The SMILES string of the molecule is Cc1noc2nc(-c3ccco3)cc(C(=O)NCc3cn4ccsc4n3)c12. The van der Waals surface area contributed by atoms with Gasteiger partial charge >= 0.3 is 0 Å². The highest BCUT2D eigenvalue weighted by Crippen LogP contribution is 2.27. The van der Waals surface area contributed by atoms with Crippen molar-refractivity contribution in [2.75, 3.05) is 0 Å². The van der Waals surface area contributed by atoms with Crippen LogP contribution in [0.5, 0.6) is 0 Å². The molecule has 0 spiro atoms. The molecule has 9 heteroatoms. The van der Waals surface area contributed by atoms with E-state index >= 15 is 0 Å². The van der Waals surface area contributed by atoms with Gasteiger partial charge in [-0.05, 0) is 25.1 Å². The molecule has 5 rings (SSSR count). The van der Waals surface area contributed by atoms with Gasteiger partial charge in [-0.25, -0.2) is 9.97 Å². The molecule has 0 aromatic carbocycles. The normalized spacial score (nSPS) is 11.4. The first-order valence-electron chi connectivity index (χ1n) is 8.19. The van der Waals surface area contributed by atoms with E-state index < -0.39 is 0 Å². The number of amides is 1. The second kappa shape index (κ2) is 6.06. The van der Waals surface area contributed by atoms with Crippen LogP contribution in [0.4, 0.5) is 0 Å². The Morgan fingerprint density at radius 2 is 2.30 bits per heavy atom. The molecule has 0 aliphatic rings. The van der Waals surface area contributed by atoms with E-state index in [1.54, 1.807) is 42.7 Å². The molecule has 134 valence electrons. The van der Waals surface area contributed by atoms with Gasteiger partial charge < -0.3 is 14.3 Å². The number of rotatable bonds is 4. The van der Waals surface area contributed by atoms with Gasteiger partial charge in [0.05, 0.1) is 35.1 Å². The van der Waals surface area contributed by atoms with Gasteiger partial charge in [-0.2, -0.15) is 0 Å². The zero-order valence-electron chi connectivity index (χ0n) is 14.2. The summed E-state index contributed by atoms with van der Waals surface area (Å²) >= 11 is 1.54. The molecule has 0 bridgehead atoms. The molecule has 0 radical (unpaired) electrons. The summed E-state index contributed by atoms with van der Waals surface area (Å²) in [7, 11) is 0. The Balaban J connectivity index is 1.49. The number of aryl methyl sites for hydroxylation is 1. The van der Waals surface area contributed by atoms with Crippen LogP contribution < -0.4 is 5.32 Å². The van der Waals surface area contributed by atoms with E-state index in [2.05, 4.69) is 20.4 Å². The number of imidazole rings is 1. The van der Waals surface area contributed by atoms with E-state index in [1.807, 2.05) is 22.2 Å². The molecular weight excluding hydrogens is 366 g/mol. The molecule has 0 atom stereocenters. The third-order valence-electron chi connectivity index (χ3n) is 4.21. The number of furan rings is 1. The average Bonchev–Trinajstić information content (AvgIpc) is 3.43. The lowest BCUT2D eigenvalue weighted by Crippen LogP contribution is -2.23. The number of hydrogen-bond acceptors (Lipinski definition) is 7. The maximum atomic E-state index is 12.9. The second-order valence-corrected chi connectivity index (χ2v) is 6.86. The zero-order chi connectivity index (χ0) is 18.4. The first-order chi connectivity index (χ1) is 13.2. The van der Waals surface area contributed by atoms with Crippen LogP contribution in [0.3, 0.4) is 0 Å². The van der Waals surface area contributed by atoms with Crippen molar-refractivity contribution in [1.82, 2.24) is 24.8 Å². The molecule has 0 aliphatic heterocycles. The van der Waals surface area contributed by atoms with E-state index in [4.69, 9.17) is 8.94 Å². The molecule has 8 nitrogen and oxygen atoms in total. The Morgan fingerprint density at radius 3 is 3.11 bits per heavy atom.